The van der Waals surface area contributed by atoms with E-state index in [9.17, 15) is 14.7 Å². The van der Waals surface area contributed by atoms with Gasteiger partial charge >= 0.3 is 11.9 Å². The summed E-state index contributed by atoms with van der Waals surface area (Å²) in [6, 6.07) is 4.19. The Morgan fingerprint density at radius 1 is 1.27 bits per heavy atom. The predicted molar refractivity (Wildman–Crippen MR) is 153 cm³/mol. The van der Waals surface area contributed by atoms with E-state index in [1.165, 1.54) is 11.3 Å². The summed E-state index contributed by atoms with van der Waals surface area (Å²) < 4.78 is 16.3. The Morgan fingerprint density at radius 3 is 2.75 bits per heavy atom. The second-order valence-corrected chi connectivity index (χ2v) is 10.7. The lowest BCUT2D eigenvalue weighted by Gasteiger charge is -2.34. The number of ether oxygens (including phenoxy) is 3. The highest BCUT2D eigenvalue weighted by Crippen LogP contribution is 2.37. The Labute approximate surface area is 246 Å². The van der Waals surface area contributed by atoms with Crippen LogP contribution in [0.25, 0.3) is 0 Å². The van der Waals surface area contributed by atoms with Crippen molar-refractivity contribution in [2.75, 3.05) is 39.5 Å². The summed E-state index contributed by atoms with van der Waals surface area (Å²) >= 11 is 14.2. The molecule has 2 aromatic rings. The Balaban J connectivity index is 1.76. The molecule has 2 aliphatic rings. The van der Waals surface area contributed by atoms with Crippen molar-refractivity contribution in [1.82, 2.24) is 15.2 Å². The lowest BCUT2D eigenvalue weighted by atomic mass is 9.95. The summed E-state index contributed by atoms with van der Waals surface area (Å²) in [7, 11) is 0. The summed E-state index contributed by atoms with van der Waals surface area (Å²) in [5, 5.41) is 16.1. The van der Waals surface area contributed by atoms with Gasteiger partial charge in [-0.3, -0.25) is 9.89 Å². The lowest BCUT2D eigenvalue weighted by molar-refractivity contribution is -0.155. The Kier molecular flexibility index (Phi) is 10.2. The van der Waals surface area contributed by atoms with Crippen LogP contribution in [0.15, 0.2) is 52.2 Å². The van der Waals surface area contributed by atoms with Gasteiger partial charge in [0, 0.05) is 52.7 Å². The number of rotatable bonds is 11. The van der Waals surface area contributed by atoms with E-state index in [1.54, 1.807) is 25.1 Å². The van der Waals surface area contributed by atoms with Crippen molar-refractivity contribution in [3.63, 3.8) is 0 Å². The molecule has 214 valence electrons. The molecular formula is C27H30Cl2N4O6S. The highest BCUT2D eigenvalue weighted by atomic mass is 35.5. The van der Waals surface area contributed by atoms with Crippen LogP contribution >= 0.6 is 34.5 Å². The van der Waals surface area contributed by atoms with Gasteiger partial charge in [0.05, 0.1) is 36.8 Å². The van der Waals surface area contributed by atoms with Gasteiger partial charge in [0.25, 0.3) is 0 Å². The SMILES string of the molecule is C=C(Cc1csc(C2=NC(c3ccc(Cl)cc3Cl)C(C(=O)OCC)=C(CN3CCOC(C(=O)O)C3)N2)n1)OCC. The van der Waals surface area contributed by atoms with Crippen molar-refractivity contribution >= 4 is 52.3 Å². The molecule has 2 unspecified atom stereocenters. The van der Waals surface area contributed by atoms with Crippen LogP contribution in [-0.4, -0.2) is 78.3 Å². The second-order valence-electron chi connectivity index (χ2n) is 9.01. The van der Waals surface area contributed by atoms with Gasteiger partial charge in [-0.1, -0.05) is 35.8 Å². The molecule has 4 rings (SSSR count). The van der Waals surface area contributed by atoms with Gasteiger partial charge in [-0.2, -0.15) is 0 Å². The van der Waals surface area contributed by atoms with E-state index in [2.05, 4.69) is 11.9 Å². The molecule has 2 N–H and O–H groups in total. The van der Waals surface area contributed by atoms with Crippen molar-refractivity contribution in [3.05, 3.63) is 73.5 Å². The maximum absolute atomic E-state index is 13.4. The van der Waals surface area contributed by atoms with Crippen LogP contribution in [0.4, 0.5) is 0 Å². The van der Waals surface area contributed by atoms with E-state index >= 15 is 0 Å². The lowest BCUT2D eigenvalue weighted by Crippen LogP contribution is -2.48. The topological polar surface area (TPSA) is 123 Å². The number of halogens is 2. The van der Waals surface area contributed by atoms with Gasteiger partial charge < -0.3 is 24.6 Å². The molecule has 1 aromatic heterocycles. The number of aromatic nitrogens is 1. The van der Waals surface area contributed by atoms with E-state index in [0.29, 0.717) is 57.5 Å². The van der Waals surface area contributed by atoms with Crippen molar-refractivity contribution in [1.29, 1.82) is 0 Å². The monoisotopic (exact) mass is 608 g/mol. The molecule has 0 saturated carbocycles. The maximum Gasteiger partial charge on any atom is 0.338 e. The number of aliphatic carboxylic acids is 1. The van der Waals surface area contributed by atoms with E-state index < -0.39 is 24.1 Å². The number of carbonyl (C=O) groups is 2. The number of thiazole rings is 1. The van der Waals surface area contributed by atoms with Crippen molar-refractivity contribution in [3.8, 4) is 0 Å². The Bertz CT molecular complexity index is 1340. The largest absolute Gasteiger partial charge is 0.498 e. The second kappa shape index (κ2) is 13.6. The molecule has 10 nitrogen and oxygen atoms in total. The van der Waals surface area contributed by atoms with Gasteiger partial charge in [-0.25, -0.2) is 14.6 Å². The van der Waals surface area contributed by atoms with Crippen LogP contribution in [-0.2, 0) is 30.2 Å². The third-order valence-corrected chi connectivity index (χ3v) is 7.63. The number of esters is 1. The average molecular weight is 610 g/mol. The zero-order valence-corrected chi connectivity index (χ0v) is 24.4. The van der Waals surface area contributed by atoms with Gasteiger partial charge in [-0.15, -0.1) is 11.3 Å². The number of amidine groups is 1. The molecule has 13 heteroatoms. The van der Waals surface area contributed by atoms with Crippen LogP contribution in [0.3, 0.4) is 0 Å². The van der Waals surface area contributed by atoms with Gasteiger partial charge in [0.2, 0.25) is 0 Å². The molecule has 1 fully saturated rings. The van der Waals surface area contributed by atoms with E-state index in [4.69, 9.17) is 47.4 Å². The number of morpholine rings is 1. The average Bonchev–Trinajstić information content (AvgIpc) is 3.37. The molecule has 0 spiro atoms. The van der Waals surface area contributed by atoms with E-state index in [0.717, 1.165) is 5.69 Å². The number of hydrogen-bond acceptors (Lipinski definition) is 10. The summed E-state index contributed by atoms with van der Waals surface area (Å²) in [5.74, 6) is -0.549. The molecule has 0 aliphatic carbocycles. The quantitative estimate of drug-likeness (QED) is 0.285. The fraction of sp³-hybridized carbons (Fsp3) is 0.407. The summed E-state index contributed by atoms with van der Waals surface area (Å²) in [6.45, 7) is 9.31. The molecule has 0 radical (unpaired) electrons. The maximum atomic E-state index is 13.4. The molecule has 0 amide bonds. The molecule has 2 aliphatic heterocycles. The van der Waals surface area contributed by atoms with Crippen LogP contribution in [0, 0.1) is 0 Å². The number of nitrogens with one attached hydrogen (secondary N) is 1. The summed E-state index contributed by atoms with van der Waals surface area (Å²) in [5.41, 5.74) is 2.12. The van der Waals surface area contributed by atoms with Crippen LogP contribution < -0.4 is 5.32 Å². The summed E-state index contributed by atoms with van der Waals surface area (Å²) in [4.78, 5) is 36.5. The van der Waals surface area contributed by atoms with Crippen molar-refractivity contribution in [2.24, 2.45) is 4.99 Å². The minimum absolute atomic E-state index is 0.149. The Hall–Kier alpha value is -2.96. The predicted octanol–water partition coefficient (Wildman–Crippen LogP) is 4.24. The zero-order valence-electron chi connectivity index (χ0n) is 22.1. The molecule has 3 heterocycles. The Morgan fingerprint density at radius 2 is 2.05 bits per heavy atom. The molecule has 1 saturated heterocycles. The standard InChI is InChI=1S/C27H30Cl2N4O6S/c1-4-37-15(3)10-17-14-40-25(30-17)24-31-20(12-33-8-9-39-21(13-33)26(34)35)22(27(36)38-5-2)23(32-24)18-7-6-16(28)11-19(18)29/h6-7,11,14,21,23H,3-5,8-10,12-13H2,1-2H3,(H,31,32)(H,34,35). The summed E-state index contributed by atoms with van der Waals surface area (Å²) in [6.07, 6.45) is -0.524. The molecule has 2 atom stereocenters. The van der Waals surface area contributed by atoms with Gasteiger partial charge in [0.1, 0.15) is 6.04 Å². The first kappa shape index (κ1) is 30.0. The first-order chi connectivity index (χ1) is 19.2. The number of carboxylic acids is 1. The molecule has 40 heavy (non-hydrogen) atoms. The normalized spacial score (nSPS) is 19.6. The molecule has 0 bridgehead atoms. The number of benzene rings is 1. The number of nitrogens with zero attached hydrogens (tertiary/aromatic N) is 3. The fourth-order valence-electron chi connectivity index (χ4n) is 4.40. The third kappa shape index (κ3) is 7.21. The van der Waals surface area contributed by atoms with E-state index in [-0.39, 0.29) is 31.9 Å². The number of aliphatic imine (C=N–C) groups is 1. The number of allylic oxidation sites excluding steroid dienone is 1. The van der Waals surface area contributed by atoms with Crippen molar-refractivity contribution in [2.45, 2.75) is 32.4 Å². The number of carbonyl (C=O) groups excluding carboxylic acids is 1. The first-order valence-electron chi connectivity index (χ1n) is 12.7. The third-order valence-electron chi connectivity index (χ3n) is 6.17. The van der Waals surface area contributed by atoms with Crippen LogP contribution in [0.1, 0.15) is 36.2 Å². The van der Waals surface area contributed by atoms with Crippen LogP contribution in [0.2, 0.25) is 10.0 Å². The minimum Gasteiger partial charge on any atom is -0.498 e. The fourth-order valence-corrected chi connectivity index (χ4v) is 5.68. The van der Waals surface area contributed by atoms with E-state index in [1.807, 2.05) is 17.2 Å². The number of hydrogen-bond donors (Lipinski definition) is 2. The first-order valence-corrected chi connectivity index (χ1v) is 14.4. The number of carboxylic acid groups (broad SMARTS) is 1. The minimum atomic E-state index is -1.04. The van der Waals surface area contributed by atoms with Gasteiger partial charge in [-0.05, 0) is 26.0 Å². The highest BCUT2D eigenvalue weighted by Gasteiger charge is 2.36. The zero-order chi connectivity index (χ0) is 28.8. The molecule has 1 aromatic carbocycles. The van der Waals surface area contributed by atoms with Crippen LogP contribution in [0.5, 0.6) is 0 Å². The highest BCUT2D eigenvalue weighted by molar-refractivity contribution is 7.11. The van der Waals surface area contributed by atoms with Gasteiger partial charge in [0.15, 0.2) is 16.9 Å². The van der Waals surface area contributed by atoms with Crippen molar-refractivity contribution < 1.29 is 28.9 Å². The smallest absolute Gasteiger partial charge is 0.338 e. The molecular weight excluding hydrogens is 579 g/mol.